The molecule has 0 spiro atoms. The molecule has 0 amide bonds. The number of aryl methyl sites for hydroxylation is 1. The number of fused-ring (bicyclic) bond motifs is 1. The lowest BCUT2D eigenvalue weighted by Crippen LogP contribution is -2.05. The van der Waals surface area contributed by atoms with Gasteiger partial charge < -0.3 is 10.4 Å². The SMILES string of the molecule is Cc1ccc(N=Nc2c(S(=O)(=O)O)cc3cc(S(=O)(=O)O)cc(Nc4nc(Cl)nc(Cl)n4)c3c2O)c(S(=O)(=O)O)c1. The van der Waals surface area contributed by atoms with Crippen molar-refractivity contribution in [2.45, 2.75) is 21.6 Å². The molecule has 16 nitrogen and oxygen atoms in total. The summed E-state index contributed by atoms with van der Waals surface area (Å²) in [6.07, 6.45) is 0. The van der Waals surface area contributed by atoms with Gasteiger partial charge in [0.25, 0.3) is 30.4 Å². The lowest BCUT2D eigenvalue weighted by molar-refractivity contribution is 0.472. The Kier molecular flexibility index (Phi) is 7.92. The van der Waals surface area contributed by atoms with Crippen LogP contribution in [0.15, 0.2) is 61.3 Å². The summed E-state index contributed by atoms with van der Waals surface area (Å²) in [7, 11) is -15.0. The second-order valence-electron chi connectivity index (χ2n) is 8.06. The van der Waals surface area contributed by atoms with Crippen molar-refractivity contribution in [2.75, 3.05) is 5.32 Å². The molecular weight excluding hydrogens is 651 g/mol. The number of phenolic OH excluding ortho intramolecular Hbond substituents is 1. The summed E-state index contributed by atoms with van der Waals surface area (Å²) in [4.78, 5) is 8.48. The quantitative estimate of drug-likeness (QED) is 0.137. The van der Waals surface area contributed by atoms with E-state index in [1.165, 1.54) is 13.0 Å². The van der Waals surface area contributed by atoms with Crippen LogP contribution in [0.3, 0.4) is 0 Å². The maximum absolute atomic E-state index is 12.2. The van der Waals surface area contributed by atoms with Gasteiger partial charge in [-0.3, -0.25) is 13.7 Å². The van der Waals surface area contributed by atoms with Crippen LogP contribution >= 0.6 is 23.2 Å². The fourth-order valence-corrected chi connectivity index (χ4v) is 5.79. The van der Waals surface area contributed by atoms with Crippen LogP contribution in [0.1, 0.15) is 5.56 Å². The number of benzene rings is 3. The van der Waals surface area contributed by atoms with Gasteiger partial charge in [0, 0.05) is 5.39 Å². The molecule has 21 heteroatoms. The lowest BCUT2D eigenvalue weighted by atomic mass is 10.1. The van der Waals surface area contributed by atoms with E-state index in [-0.39, 0.29) is 33.0 Å². The zero-order valence-corrected chi connectivity index (χ0v) is 23.9. The minimum absolute atomic E-state index is 0.356. The van der Waals surface area contributed by atoms with Crippen molar-refractivity contribution in [2.24, 2.45) is 10.2 Å². The van der Waals surface area contributed by atoms with Crippen LogP contribution in [0.25, 0.3) is 10.8 Å². The molecule has 0 fully saturated rings. The van der Waals surface area contributed by atoms with Gasteiger partial charge in [0.1, 0.15) is 21.2 Å². The Morgan fingerprint density at radius 3 is 1.95 bits per heavy atom. The van der Waals surface area contributed by atoms with E-state index in [9.17, 15) is 44.0 Å². The molecule has 3 aromatic carbocycles. The number of nitrogens with zero attached hydrogens (tertiary/aromatic N) is 5. The van der Waals surface area contributed by atoms with E-state index in [2.05, 4.69) is 30.5 Å². The molecule has 0 aliphatic heterocycles. The van der Waals surface area contributed by atoms with Crippen LogP contribution in [0, 0.1) is 6.92 Å². The molecule has 1 heterocycles. The first-order valence-corrected chi connectivity index (χ1v) is 15.5. The average Bonchev–Trinajstić information content (AvgIpc) is 2.81. The van der Waals surface area contributed by atoms with Crippen molar-refractivity contribution in [3.05, 3.63) is 52.5 Å². The van der Waals surface area contributed by atoms with Gasteiger partial charge in [0.2, 0.25) is 16.5 Å². The van der Waals surface area contributed by atoms with E-state index >= 15 is 0 Å². The molecule has 5 N–H and O–H groups in total. The smallest absolute Gasteiger partial charge is 0.296 e. The van der Waals surface area contributed by atoms with Gasteiger partial charge in [-0.2, -0.15) is 40.2 Å². The summed E-state index contributed by atoms with van der Waals surface area (Å²) in [6, 6.07) is 5.87. The molecular formula is C20H14Cl2N6O10S3. The highest BCUT2D eigenvalue weighted by molar-refractivity contribution is 7.86. The lowest BCUT2D eigenvalue weighted by Gasteiger charge is -2.15. The fraction of sp³-hybridized carbons (Fsp3) is 0.0500. The summed E-state index contributed by atoms with van der Waals surface area (Å²) in [6.45, 7) is 1.52. The van der Waals surface area contributed by atoms with Gasteiger partial charge in [0.15, 0.2) is 5.75 Å². The number of hydrogen-bond donors (Lipinski definition) is 5. The molecule has 216 valence electrons. The average molecular weight is 665 g/mol. The summed E-state index contributed by atoms with van der Waals surface area (Å²) in [5, 5.41) is 19.4. The zero-order chi connectivity index (χ0) is 30.5. The fourth-order valence-electron chi connectivity index (χ4n) is 3.52. The third-order valence-electron chi connectivity index (χ3n) is 5.18. The highest BCUT2D eigenvalue weighted by atomic mass is 35.5. The number of aromatic nitrogens is 3. The van der Waals surface area contributed by atoms with E-state index in [0.717, 1.165) is 24.3 Å². The number of halogens is 2. The van der Waals surface area contributed by atoms with Gasteiger partial charge in [-0.15, -0.1) is 10.2 Å². The van der Waals surface area contributed by atoms with E-state index < -0.39 is 62.2 Å². The Hall–Kier alpha value is -3.56. The summed E-state index contributed by atoms with van der Waals surface area (Å²) in [5.41, 5.74) is -1.34. The minimum Gasteiger partial charge on any atom is -0.505 e. The third kappa shape index (κ3) is 6.68. The first-order chi connectivity index (χ1) is 18.8. The van der Waals surface area contributed by atoms with Gasteiger partial charge in [-0.05, 0) is 71.4 Å². The minimum atomic E-state index is -5.21. The molecule has 4 aromatic rings. The summed E-state index contributed by atoms with van der Waals surface area (Å²) >= 11 is 11.5. The molecule has 0 unspecified atom stereocenters. The first kappa shape index (κ1) is 30.4. The summed E-state index contributed by atoms with van der Waals surface area (Å²) < 4.78 is 101. The molecule has 0 bridgehead atoms. The molecule has 0 atom stereocenters. The Morgan fingerprint density at radius 2 is 1.39 bits per heavy atom. The highest BCUT2D eigenvalue weighted by Crippen LogP contribution is 2.46. The van der Waals surface area contributed by atoms with Crippen molar-refractivity contribution >= 4 is 87.3 Å². The predicted molar refractivity (Wildman–Crippen MR) is 144 cm³/mol. The van der Waals surface area contributed by atoms with E-state index in [1.54, 1.807) is 0 Å². The Balaban J connectivity index is 2.06. The van der Waals surface area contributed by atoms with Gasteiger partial charge in [-0.25, -0.2) is 0 Å². The molecule has 0 saturated carbocycles. The first-order valence-electron chi connectivity index (χ1n) is 10.5. The normalized spacial score (nSPS) is 12.7. The second kappa shape index (κ2) is 10.7. The predicted octanol–water partition coefficient (Wildman–Crippen LogP) is 4.24. The highest BCUT2D eigenvalue weighted by Gasteiger charge is 2.26. The molecule has 0 radical (unpaired) electrons. The van der Waals surface area contributed by atoms with Gasteiger partial charge >= 0.3 is 0 Å². The third-order valence-corrected chi connectivity index (χ3v) is 8.10. The van der Waals surface area contributed by atoms with Crippen molar-refractivity contribution in [1.82, 2.24) is 15.0 Å². The summed E-state index contributed by atoms with van der Waals surface area (Å²) in [5.74, 6) is -1.39. The standard InChI is InChI=1S/C20H14Cl2N6O10S3/c1-8-2-3-11(13(4-8)40(33,34)35)27-28-16-14(41(36,37)38)6-9-5-10(39(30,31)32)7-12(15(9)17(16)29)23-20-25-18(21)24-19(22)26-20/h2-7,29H,1H3,(H,30,31,32)(H,33,34,35)(H,36,37,38)(H,23,24,25,26). The van der Waals surface area contributed by atoms with E-state index in [1.807, 2.05) is 0 Å². The van der Waals surface area contributed by atoms with E-state index in [4.69, 9.17) is 23.2 Å². The maximum Gasteiger partial charge on any atom is 0.296 e. The Labute approximate surface area is 241 Å². The number of phenols is 1. The molecule has 4 rings (SSSR count). The van der Waals surface area contributed by atoms with Crippen LogP contribution in [-0.4, -0.2) is 59.0 Å². The number of anilines is 2. The van der Waals surface area contributed by atoms with Crippen molar-refractivity contribution in [1.29, 1.82) is 0 Å². The van der Waals surface area contributed by atoms with Gasteiger partial charge in [0.05, 0.1) is 10.6 Å². The molecule has 41 heavy (non-hydrogen) atoms. The van der Waals surface area contributed by atoms with Crippen LogP contribution in [0.2, 0.25) is 10.6 Å². The van der Waals surface area contributed by atoms with Crippen LogP contribution in [-0.2, 0) is 30.4 Å². The van der Waals surface area contributed by atoms with Crippen molar-refractivity contribution in [3.63, 3.8) is 0 Å². The van der Waals surface area contributed by atoms with Crippen LogP contribution in [0.4, 0.5) is 23.0 Å². The van der Waals surface area contributed by atoms with Crippen LogP contribution in [0.5, 0.6) is 5.75 Å². The number of rotatable bonds is 7. The second-order valence-corrected chi connectivity index (χ2v) is 12.9. The number of nitrogens with one attached hydrogen (secondary N) is 1. The van der Waals surface area contributed by atoms with Crippen molar-refractivity contribution in [3.8, 4) is 5.75 Å². The zero-order valence-electron chi connectivity index (χ0n) is 19.9. The molecule has 0 aliphatic carbocycles. The number of azo groups is 1. The molecule has 1 aromatic heterocycles. The Morgan fingerprint density at radius 1 is 0.780 bits per heavy atom. The monoisotopic (exact) mass is 664 g/mol. The maximum atomic E-state index is 12.2. The molecule has 0 aliphatic rings. The van der Waals surface area contributed by atoms with Crippen molar-refractivity contribution < 1.29 is 44.0 Å². The largest absolute Gasteiger partial charge is 0.505 e. The Bertz CT molecular complexity index is 2090. The van der Waals surface area contributed by atoms with Crippen LogP contribution < -0.4 is 5.32 Å². The number of hydrogen-bond acceptors (Lipinski definition) is 13. The van der Waals surface area contributed by atoms with Gasteiger partial charge in [-0.1, -0.05) is 6.07 Å². The van der Waals surface area contributed by atoms with E-state index in [0.29, 0.717) is 11.6 Å². The molecule has 0 saturated heterocycles. The number of aromatic hydroxyl groups is 1. The topological polar surface area (TPSA) is 259 Å².